The van der Waals surface area contributed by atoms with Crippen LogP contribution in [0.25, 0.3) is 21.5 Å². The van der Waals surface area contributed by atoms with Crippen molar-refractivity contribution in [2.24, 2.45) is 30.7 Å². The minimum atomic E-state index is -5.06. The van der Waals surface area contributed by atoms with Gasteiger partial charge in [0.1, 0.15) is 38.4 Å². The van der Waals surface area contributed by atoms with Crippen LogP contribution < -0.4 is 4.74 Å². The molecule has 0 unspecified atom stereocenters. The zero-order valence-electron chi connectivity index (χ0n) is 29.1. The maximum atomic E-state index is 12.2. The van der Waals surface area contributed by atoms with Gasteiger partial charge >= 0.3 is 0 Å². The van der Waals surface area contributed by atoms with E-state index in [2.05, 4.69) is 40.1 Å². The average molecular weight is 936 g/mol. The molecule has 21 nitrogen and oxygen atoms in total. The maximum Gasteiger partial charge on any atom is 0.295 e. The third-order valence-electron chi connectivity index (χ3n) is 7.91. The molecule has 0 amide bonds. The van der Waals surface area contributed by atoms with Crippen molar-refractivity contribution in [3.8, 4) is 17.2 Å². The third-order valence-corrected chi connectivity index (χ3v) is 11.1. The van der Waals surface area contributed by atoms with Gasteiger partial charge in [0.25, 0.3) is 30.4 Å². The predicted molar refractivity (Wildman–Crippen MR) is 203 cm³/mol. The SMILES string of the molecule is COc1cc(N=Nc2cc(S(=O)(=O)O)c3cccc(S(=O)(=O)O)c3c2O)c(O)cc1N=Nc1ccc(N=Nc2ccc(SOOO)cc2)c2ccc(S(=O)(=O)O)cc12.[Cu]. The number of aromatic hydroxyl groups is 2. The number of azo groups is 3. The molecule has 0 aliphatic carbocycles. The Morgan fingerprint density at radius 3 is 1.81 bits per heavy atom. The van der Waals surface area contributed by atoms with Gasteiger partial charge in [-0.15, -0.1) is 29.9 Å². The van der Waals surface area contributed by atoms with Gasteiger partial charge in [0.15, 0.2) is 5.75 Å². The summed E-state index contributed by atoms with van der Waals surface area (Å²) in [6, 6.07) is 18.9. The second-order valence-corrected chi connectivity index (χ2v) is 16.5. The quantitative estimate of drug-likeness (QED) is 0.0157. The molecular formula is C33H24CuN6O15S4. The summed E-state index contributed by atoms with van der Waals surface area (Å²) in [6.45, 7) is 0. The number of phenolic OH excluding ortho intramolecular Hbond substituents is 2. The van der Waals surface area contributed by atoms with Crippen LogP contribution in [0.3, 0.4) is 0 Å². The Hall–Kier alpha value is -5.48. The monoisotopic (exact) mass is 935 g/mol. The van der Waals surface area contributed by atoms with E-state index in [0.29, 0.717) is 22.0 Å². The predicted octanol–water partition coefficient (Wildman–Crippen LogP) is 8.82. The Balaban J connectivity index is 0.00000661. The van der Waals surface area contributed by atoms with Gasteiger partial charge in [-0.25, -0.2) is 5.26 Å². The van der Waals surface area contributed by atoms with Crippen molar-refractivity contribution in [1.29, 1.82) is 0 Å². The standard InChI is InChI=1S/C33H24N6O15S4.Cu/c1-52-29-15-25(37-39-27-16-31(58(49,50)51)21-3-2-4-30(57(46,47)48)32(21)33(27)41)28(40)14-26(29)38-36-24-12-11-23(20-10-9-19(13-22(20)24)56(43,44)45)35-34-17-5-7-18(8-6-17)55-54-53-42;/h2-16,40-42H,1H3,(H,43,44,45)(H,46,47,48)(H,49,50,51);. The Morgan fingerprint density at radius 1 is 0.576 bits per heavy atom. The Bertz CT molecular complexity index is 3040. The molecule has 6 rings (SSSR count). The van der Waals surface area contributed by atoms with Crippen LogP contribution >= 0.6 is 12.0 Å². The van der Waals surface area contributed by atoms with Crippen molar-refractivity contribution in [3.63, 3.8) is 0 Å². The fourth-order valence-electron chi connectivity index (χ4n) is 5.33. The molecule has 1 radical (unpaired) electrons. The molecule has 311 valence electrons. The number of hydrogen-bond donors (Lipinski definition) is 6. The van der Waals surface area contributed by atoms with Crippen molar-refractivity contribution in [2.45, 2.75) is 19.6 Å². The zero-order chi connectivity index (χ0) is 42.0. The van der Waals surface area contributed by atoms with E-state index < -0.39 is 73.0 Å². The first-order valence-electron chi connectivity index (χ1n) is 15.6. The number of ether oxygens (including phenoxy) is 1. The second kappa shape index (κ2) is 17.8. The fourth-order valence-corrected chi connectivity index (χ4v) is 7.62. The van der Waals surface area contributed by atoms with Crippen LogP contribution in [-0.4, -0.2) is 61.5 Å². The normalized spacial score (nSPS) is 12.6. The van der Waals surface area contributed by atoms with Gasteiger partial charge < -0.3 is 14.9 Å². The van der Waals surface area contributed by atoms with Crippen LogP contribution in [0.4, 0.5) is 34.1 Å². The molecule has 6 N–H and O–H groups in total. The average Bonchev–Trinajstić information content (AvgIpc) is 3.17. The first-order chi connectivity index (χ1) is 27.4. The fraction of sp³-hybridized carbons (Fsp3) is 0.0303. The van der Waals surface area contributed by atoms with Gasteiger partial charge in [0, 0.05) is 55.6 Å². The Morgan fingerprint density at radius 2 is 1.19 bits per heavy atom. The van der Waals surface area contributed by atoms with Crippen LogP contribution in [-0.2, 0) is 56.8 Å². The molecule has 0 bridgehead atoms. The minimum absolute atomic E-state index is 0. The first-order valence-corrected chi connectivity index (χ1v) is 20.6. The van der Waals surface area contributed by atoms with Crippen molar-refractivity contribution in [2.75, 3.05) is 7.11 Å². The Labute approximate surface area is 347 Å². The molecule has 6 aromatic rings. The Kier molecular flexibility index (Phi) is 13.5. The summed E-state index contributed by atoms with van der Waals surface area (Å²) in [5, 5.41) is 57.4. The van der Waals surface area contributed by atoms with E-state index >= 15 is 0 Å². The molecule has 0 heterocycles. The second-order valence-electron chi connectivity index (χ2n) is 11.5. The van der Waals surface area contributed by atoms with E-state index in [1.165, 1.54) is 25.3 Å². The third kappa shape index (κ3) is 10.0. The van der Waals surface area contributed by atoms with E-state index in [1.807, 2.05) is 0 Å². The number of nitrogens with zero attached hydrogens (tertiary/aromatic N) is 6. The molecule has 0 aliphatic heterocycles. The molecule has 0 saturated heterocycles. The van der Waals surface area contributed by atoms with Crippen LogP contribution in [0.1, 0.15) is 0 Å². The molecule has 26 heteroatoms. The van der Waals surface area contributed by atoms with E-state index in [0.717, 1.165) is 54.5 Å². The summed E-state index contributed by atoms with van der Waals surface area (Å²) in [6.07, 6.45) is 0. The zero-order valence-corrected chi connectivity index (χ0v) is 33.3. The van der Waals surface area contributed by atoms with Gasteiger partial charge in [0.2, 0.25) is 0 Å². The van der Waals surface area contributed by atoms with Crippen LogP contribution in [0.5, 0.6) is 17.2 Å². The van der Waals surface area contributed by atoms with Gasteiger partial charge in [-0.1, -0.05) is 23.2 Å². The molecule has 59 heavy (non-hydrogen) atoms. The van der Waals surface area contributed by atoms with Gasteiger partial charge in [-0.05, 0) is 60.7 Å². The minimum Gasteiger partial charge on any atom is -0.506 e. The van der Waals surface area contributed by atoms with Crippen molar-refractivity contribution < 1.29 is 85.6 Å². The first kappa shape index (κ1) is 44.6. The van der Waals surface area contributed by atoms with E-state index in [9.17, 15) is 49.1 Å². The molecule has 0 spiro atoms. The summed E-state index contributed by atoms with van der Waals surface area (Å²) < 4.78 is 112. The van der Waals surface area contributed by atoms with Crippen LogP contribution in [0, 0.1) is 0 Å². The molecular weight excluding hydrogens is 912 g/mol. The topological polar surface area (TPSA) is 326 Å². The van der Waals surface area contributed by atoms with Crippen LogP contribution in [0.2, 0.25) is 0 Å². The maximum absolute atomic E-state index is 12.2. The van der Waals surface area contributed by atoms with Crippen LogP contribution in [0.15, 0.2) is 141 Å². The van der Waals surface area contributed by atoms with Crippen molar-refractivity contribution >= 4 is 98.1 Å². The number of hydrogen-bond acceptors (Lipinski definition) is 19. The molecule has 0 saturated carbocycles. The van der Waals surface area contributed by atoms with E-state index in [-0.39, 0.29) is 51.0 Å². The van der Waals surface area contributed by atoms with Gasteiger partial charge in [-0.2, -0.15) is 30.4 Å². The van der Waals surface area contributed by atoms with Crippen molar-refractivity contribution in [1.82, 2.24) is 0 Å². The molecule has 6 aromatic carbocycles. The largest absolute Gasteiger partial charge is 0.506 e. The van der Waals surface area contributed by atoms with E-state index in [1.54, 1.807) is 24.3 Å². The summed E-state index contributed by atoms with van der Waals surface area (Å²) in [5.41, 5.74) is -0.368. The molecule has 0 atom stereocenters. The smallest absolute Gasteiger partial charge is 0.295 e. The molecule has 0 aromatic heterocycles. The van der Waals surface area contributed by atoms with E-state index in [4.69, 9.17) is 9.99 Å². The number of fused-ring (bicyclic) bond motifs is 2. The number of rotatable bonds is 13. The molecule has 0 aliphatic rings. The number of benzene rings is 6. The van der Waals surface area contributed by atoms with Crippen molar-refractivity contribution in [3.05, 3.63) is 91.0 Å². The summed E-state index contributed by atoms with van der Waals surface area (Å²) in [5.74, 6) is -1.62. The van der Waals surface area contributed by atoms with Gasteiger partial charge in [0.05, 0.1) is 41.1 Å². The summed E-state index contributed by atoms with van der Waals surface area (Å²) >= 11 is 0.743. The van der Waals surface area contributed by atoms with Gasteiger partial charge in [-0.3, -0.25) is 13.7 Å². The summed E-state index contributed by atoms with van der Waals surface area (Å²) in [7, 11) is -13.5. The summed E-state index contributed by atoms with van der Waals surface area (Å²) in [4.78, 5) is -1.66. The molecule has 0 fully saturated rings. The number of phenols is 2. The number of methoxy groups -OCH3 is 1.